The van der Waals surface area contributed by atoms with Gasteiger partial charge in [-0.15, -0.1) is 0 Å². The summed E-state index contributed by atoms with van der Waals surface area (Å²) in [6.07, 6.45) is 3.96. The molecule has 35 heavy (non-hydrogen) atoms. The largest absolute Gasteiger partial charge is 0.468 e. The Hall–Kier alpha value is -3.45. The first kappa shape index (κ1) is 23.3. The van der Waals surface area contributed by atoms with E-state index in [1.807, 2.05) is 65.5 Å². The number of nitrogens with one attached hydrogen (secondary N) is 1. The summed E-state index contributed by atoms with van der Waals surface area (Å²) in [6, 6.07) is 18.0. The van der Waals surface area contributed by atoms with Crippen LogP contribution in [0.15, 0.2) is 88.8 Å². The van der Waals surface area contributed by atoms with Gasteiger partial charge in [-0.3, -0.25) is 14.3 Å². The van der Waals surface area contributed by atoms with Crippen molar-refractivity contribution in [2.75, 3.05) is 7.11 Å². The number of aromatic nitrogens is 2. The molecule has 1 N–H and O–H groups in total. The summed E-state index contributed by atoms with van der Waals surface area (Å²) >= 11 is 3.48. The van der Waals surface area contributed by atoms with Gasteiger partial charge in [0.1, 0.15) is 5.92 Å². The molecule has 1 aliphatic heterocycles. The van der Waals surface area contributed by atoms with Crippen molar-refractivity contribution in [2.45, 2.75) is 31.7 Å². The third-order valence-corrected chi connectivity index (χ3v) is 7.20. The second-order valence-electron chi connectivity index (χ2n) is 8.92. The number of ketones is 1. The number of carbonyl (C=O) groups is 2. The molecule has 0 radical (unpaired) electrons. The van der Waals surface area contributed by atoms with Crippen LogP contribution in [0.5, 0.6) is 0 Å². The van der Waals surface area contributed by atoms with Crippen LogP contribution in [0.4, 0.5) is 0 Å². The van der Waals surface area contributed by atoms with Crippen LogP contribution in [-0.4, -0.2) is 28.6 Å². The van der Waals surface area contributed by atoms with Crippen LogP contribution in [-0.2, 0) is 20.9 Å². The Morgan fingerprint density at radius 2 is 1.91 bits per heavy atom. The monoisotopic (exact) mass is 531 g/mol. The highest BCUT2D eigenvalue weighted by Crippen LogP contribution is 2.46. The number of rotatable bonds is 5. The Balaban J connectivity index is 1.69. The number of allylic oxidation sites excluding steroid dienone is 2. The van der Waals surface area contributed by atoms with Crippen molar-refractivity contribution in [3.05, 3.63) is 99.9 Å². The number of Topliss-reactive ketones (excluding diaryl/α,β-unsaturated/α-hetero) is 1. The van der Waals surface area contributed by atoms with Crippen LogP contribution in [0.3, 0.4) is 0 Å². The summed E-state index contributed by atoms with van der Waals surface area (Å²) in [4.78, 5) is 26.3. The molecule has 2 aromatic carbocycles. The Kier molecular flexibility index (Phi) is 6.43. The van der Waals surface area contributed by atoms with Crippen LogP contribution < -0.4 is 5.32 Å². The van der Waals surface area contributed by atoms with E-state index in [1.165, 1.54) is 7.11 Å². The molecule has 0 saturated heterocycles. The van der Waals surface area contributed by atoms with Gasteiger partial charge in [0.15, 0.2) is 5.78 Å². The van der Waals surface area contributed by atoms with Gasteiger partial charge in [-0.05, 0) is 30.5 Å². The van der Waals surface area contributed by atoms with E-state index in [0.29, 0.717) is 24.2 Å². The highest BCUT2D eigenvalue weighted by Gasteiger charge is 2.45. The van der Waals surface area contributed by atoms with Gasteiger partial charge < -0.3 is 10.1 Å². The van der Waals surface area contributed by atoms with Gasteiger partial charge in [0, 0.05) is 51.1 Å². The van der Waals surface area contributed by atoms with Crippen molar-refractivity contribution in [1.29, 1.82) is 0 Å². The van der Waals surface area contributed by atoms with Crippen LogP contribution in [0, 0.1) is 5.92 Å². The molecular formula is C28H26BrN3O3. The van der Waals surface area contributed by atoms with Gasteiger partial charge >= 0.3 is 5.97 Å². The number of halogens is 1. The molecule has 0 bridgehead atoms. The first-order valence-electron chi connectivity index (χ1n) is 11.6. The summed E-state index contributed by atoms with van der Waals surface area (Å²) in [7, 11) is 1.37. The molecule has 5 rings (SSSR count). The van der Waals surface area contributed by atoms with Gasteiger partial charge in [-0.2, -0.15) is 5.10 Å². The average molecular weight is 532 g/mol. The van der Waals surface area contributed by atoms with E-state index in [4.69, 9.17) is 9.84 Å². The Labute approximate surface area is 212 Å². The first-order chi connectivity index (χ1) is 17.0. The lowest BCUT2D eigenvalue weighted by Crippen LogP contribution is -2.41. The maximum Gasteiger partial charge on any atom is 0.315 e. The molecule has 2 unspecified atom stereocenters. The van der Waals surface area contributed by atoms with Crippen molar-refractivity contribution in [3.8, 4) is 11.3 Å². The van der Waals surface area contributed by atoms with E-state index in [1.54, 1.807) is 0 Å². The number of carbonyl (C=O) groups excluding carboxylic acids is 2. The normalized spacial score (nSPS) is 19.8. The molecule has 0 amide bonds. The minimum Gasteiger partial charge on any atom is -0.468 e. The number of hydrogen-bond donors (Lipinski definition) is 1. The van der Waals surface area contributed by atoms with E-state index in [2.05, 4.69) is 27.8 Å². The van der Waals surface area contributed by atoms with Crippen molar-refractivity contribution in [3.63, 3.8) is 0 Å². The number of benzene rings is 2. The summed E-state index contributed by atoms with van der Waals surface area (Å²) in [5.74, 6) is -1.61. The van der Waals surface area contributed by atoms with E-state index in [9.17, 15) is 9.59 Å². The summed E-state index contributed by atoms with van der Waals surface area (Å²) < 4.78 is 8.07. The minimum atomic E-state index is -0.728. The molecule has 1 aliphatic carbocycles. The van der Waals surface area contributed by atoms with Crippen LogP contribution in [0.2, 0.25) is 0 Å². The second-order valence-corrected chi connectivity index (χ2v) is 9.84. The number of esters is 1. The third-order valence-electron chi connectivity index (χ3n) is 6.67. The smallest absolute Gasteiger partial charge is 0.315 e. The van der Waals surface area contributed by atoms with Gasteiger partial charge in [-0.1, -0.05) is 65.0 Å². The van der Waals surface area contributed by atoms with Crippen LogP contribution in [0.1, 0.15) is 36.3 Å². The zero-order chi connectivity index (χ0) is 24.5. The molecule has 1 aromatic heterocycles. The molecule has 178 valence electrons. The predicted molar refractivity (Wildman–Crippen MR) is 137 cm³/mol. The number of hydrogen-bond acceptors (Lipinski definition) is 5. The van der Waals surface area contributed by atoms with Gasteiger partial charge in [0.2, 0.25) is 0 Å². The molecule has 2 aliphatic rings. The highest BCUT2D eigenvalue weighted by atomic mass is 79.9. The topological polar surface area (TPSA) is 73.2 Å². The number of methoxy groups -OCH3 is 1. The fourth-order valence-corrected chi connectivity index (χ4v) is 5.34. The molecule has 0 fully saturated rings. The summed E-state index contributed by atoms with van der Waals surface area (Å²) in [5, 5.41) is 8.21. The SMILES string of the molecule is C=C1NC2=C(C(=O)CCC2)C(c2cn(Cc3ccc(Br)cc3)nc2-c2ccccc2)C1C(=O)OC. The van der Waals surface area contributed by atoms with E-state index >= 15 is 0 Å². The van der Waals surface area contributed by atoms with Crippen LogP contribution in [0.25, 0.3) is 11.3 Å². The fourth-order valence-electron chi connectivity index (χ4n) is 5.08. The van der Waals surface area contributed by atoms with E-state index in [-0.39, 0.29) is 5.78 Å². The molecule has 0 saturated carbocycles. The van der Waals surface area contributed by atoms with Gasteiger partial charge in [0.25, 0.3) is 0 Å². The quantitative estimate of drug-likeness (QED) is 0.448. The molecule has 7 heteroatoms. The van der Waals surface area contributed by atoms with Crippen molar-refractivity contribution in [2.24, 2.45) is 5.92 Å². The van der Waals surface area contributed by atoms with E-state index < -0.39 is 17.8 Å². The summed E-state index contributed by atoms with van der Waals surface area (Å²) in [6.45, 7) is 4.71. The van der Waals surface area contributed by atoms with Crippen molar-refractivity contribution in [1.82, 2.24) is 15.1 Å². The van der Waals surface area contributed by atoms with Crippen molar-refractivity contribution >= 4 is 27.7 Å². The molecular weight excluding hydrogens is 506 g/mol. The first-order valence-corrected chi connectivity index (χ1v) is 12.4. The average Bonchev–Trinajstić information content (AvgIpc) is 3.28. The lowest BCUT2D eigenvalue weighted by Gasteiger charge is -2.37. The molecule has 3 aromatic rings. The Morgan fingerprint density at radius 3 is 2.63 bits per heavy atom. The zero-order valence-corrected chi connectivity index (χ0v) is 21.0. The second kappa shape index (κ2) is 9.66. The van der Waals surface area contributed by atoms with Crippen molar-refractivity contribution < 1.29 is 14.3 Å². The Morgan fingerprint density at radius 1 is 1.17 bits per heavy atom. The summed E-state index contributed by atoms with van der Waals surface area (Å²) in [5.41, 5.74) is 5.66. The molecule has 2 atom stereocenters. The van der Waals surface area contributed by atoms with Crippen LogP contribution >= 0.6 is 15.9 Å². The predicted octanol–water partition coefficient (Wildman–Crippen LogP) is 5.36. The lowest BCUT2D eigenvalue weighted by molar-refractivity contribution is -0.144. The molecule has 6 nitrogen and oxygen atoms in total. The molecule has 0 spiro atoms. The molecule has 2 heterocycles. The third kappa shape index (κ3) is 4.48. The maximum atomic E-state index is 13.2. The van der Waals surface area contributed by atoms with E-state index in [0.717, 1.165) is 45.4 Å². The maximum absolute atomic E-state index is 13.2. The fraction of sp³-hybridized carbons (Fsp3) is 0.250. The lowest BCUT2D eigenvalue weighted by atomic mass is 9.71. The number of nitrogens with zero attached hydrogens (tertiary/aromatic N) is 2. The van der Waals surface area contributed by atoms with Gasteiger partial charge in [-0.25, -0.2) is 0 Å². The number of ether oxygens (including phenoxy) is 1. The zero-order valence-electron chi connectivity index (χ0n) is 19.5. The highest BCUT2D eigenvalue weighted by molar-refractivity contribution is 9.10. The standard InChI is InChI=1S/C28H26BrN3O3/c1-17-24(28(34)35-2)25(26-22(30-17)9-6-10-23(26)33)21-16-32(15-18-11-13-20(29)14-12-18)31-27(21)19-7-4-3-5-8-19/h3-5,7-8,11-14,16,24-25,30H,1,6,9-10,15H2,2H3. The Bertz CT molecular complexity index is 1330. The minimum absolute atomic E-state index is 0.0600. The van der Waals surface area contributed by atoms with Gasteiger partial charge in [0.05, 0.1) is 19.3 Å².